The molecule has 2 saturated heterocycles. The zero-order valence-electron chi connectivity index (χ0n) is 22.3. The van der Waals surface area contributed by atoms with Gasteiger partial charge in [0.25, 0.3) is 0 Å². The molecule has 19 N–H and O–H groups in total. The number of carbonyl (C=O) groups is 3. The topological polar surface area (TPSA) is 456 Å². The first kappa shape index (κ1) is 47.1. The molecule has 3 amide bonds. The molecule has 0 aromatic heterocycles. The number of fused-ring (bicyclic) bond motifs is 1. The fraction of sp³-hybridized carbons (Fsp3) is 0.812. The van der Waals surface area contributed by atoms with Crippen LogP contribution in [0.1, 0.15) is 25.7 Å². The number of carboxylic acids is 1. The number of hydrogen-bond donors (Lipinski definition) is 18. The van der Waals surface area contributed by atoms with Crippen LogP contribution in [0.5, 0.6) is 0 Å². The van der Waals surface area contributed by atoms with Crippen molar-refractivity contribution in [3.8, 4) is 0 Å². The van der Waals surface area contributed by atoms with Crippen molar-refractivity contribution in [1.29, 1.82) is 0 Å². The highest BCUT2D eigenvalue weighted by Crippen LogP contribution is 2.33. The number of phosphoric acid groups is 3. The normalized spacial score (nSPS) is 21.7. The van der Waals surface area contributed by atoms with E-state index in [0.717, 1.165) is 25.0 Å². The van der Waals surface area contributed by atoms with Crippen molar-refractivity contribution in [3.05, 3.63) is 0 Å². The first-order chi connectivity index (χ1) is 19.6. The Hall–Kier alpha value is -1.31. The summed E-state index contributed by atoms with van der Waals surface area (Å²) in [4.78, 5) is 96.5. The summed E-state index contributed by atoms with van der Waals surface area (Å²) in [6.45, 7) is -0.802. The van der Waals surface area contributed by atoms with Gasteiger partial charge >= 0.3 is 35.5 Å². The van der Waals surface area contributed by atoms with Gasteiger partial charge in [-0.25, -0.2) is 18.5 Å². The fourth-order valence-electron chi connectivity index (χ4n) is 2.96. The van der Waals surface area contributed by atoms with Gasteiger partial charge < -0.3 is 91.0 Å². The number of hydrogen-bond acceptors (Lipinski definition) is 12. The number of aliphatic hydroxyl groups excluding tert-OH is 5. The number of thioether (sulfide) groups is 1. The lowest BCUT2D eigenvalue weighted by molar-refractivity contribution is -0.146. The largest absolute Gasteiger partial charge is 0.481 e. The zero-order chi connectivity index (χ0) is 35.6. The van der Waals surface area contributed by atoms with Crippen LogP contribution in [0.2, 0.25) is 0 Å². The second kappa shape index (κ2) is 22.3. The van der Waals surface area contributed by atoms with E-state index in [0.29, 0.717) is 5.25 Å². The molecule has 28 heteroatoms. The Kier molecular flexibility index (Phi) is 23.8. The number of nitrogens with one attached hydrogen (secondary N) is 2. The zero-order valence-corrected chi connectivity index (χ0v) is 25.8. The van der Waals surface area contributed by atoms with E-state index in [1.807, 2.05) is 11.8 Å². The quantitative estimate of drug-likeness (QED) is 0.0564. The van der Waals surface area contributed by atoms with Gasteiger partial charge in [0, 0.05) is 17.4 Å². The van der Waals surface area contributed by atoms with Crippen molar-refractivity contribution in [2.24, 2.45) is 5.73 Å². The Bertz CT molecular complexity index is 935. The van der Waals surface area contributed by atoms with Crippen molar-refractivity contribution in [3.63, 3.8) is 0 Å². The molecular formula is C16H38N3O21P3S. The number of carboxylic acid groups (broad SMARTS) is 1. The van der Waals surface area contributed by atoms with E-state index >= 15 is 0 Å². The lowest BCUT2D eigenvalue weighted by atomic mass is 10.0. The predicted octanol–water partition coefficient (Wildman–Crippen LogP) is -6.08. The molecule has 264 valence electrons. The molecule has 2 aliphatic heterocycles. The van der Waals surface area contributed by atoms with E-state index in [1.54, 1.807) is 0 Å². The summed E-state index contributed by atoms with van der Waals surface area (Å²) in [5.74, 6) is -0.989. The third kappa shape index (κ3) is 32.1. The average Bonchev–Trinajstić information content (AvgIpc) is 3.36. The maximum absolute atomic E-state index is 11.1. The lowest BCUT2D eigenvalue weighted by Gasteiger charge is -2.23. The Morgan fingerprint density at radius 2 is 1.27 bits per heavy atom. The maximum Gasteiger partial charge on any atom is 0.466 e. The van der Waals surface area contributed by atoms with Crippen LogP contribution in [0.25, 0.3) is 0 Å². The minimum absolute atomic E-state index is 0.0640. The lowest BCUT2D eigenvalue weighted by Crippen LogP contribution is -2.50. The number of urea groups is 1. The van der Waals surface area contributed by atoms with E-state index in [9.17, 15) is 14.4 Å². The molecule has 0 radical (unpaired) electrons. The van der Waals surface area contributed by atoms with Gasteiger partial charge in [-0.2, -0.15) is 11.8 Å². The van der Waals surface area contributed by atoms with E-state index in [2.05, 4.69) is 16.4 Å². The molecule has 0 aromatic rings. The number of primary amides is 1. The van der Waals surface area contributed by atoms with Gasteiger partial charge in [0.2, 0.25) is 5.91 Å². The van der Waals surface area contributed by atoms with Crippen LogP contribution < -0.4 is 16.4 Å². The Morgan fingerprint density at radius 3 is 1.64 bits per heavy atom. The molecule has 0 aliphatic carbocycles. The molecule has 0 spiro atoms. The molecule has 2 rings (SSSR count). The number of aliphatic hydroxyl groups is 5. The van der Waals surface area contributed by atoms with Gasteiger partial charge in [-0.3, -0.25) is 9.59 Å². The van der Waals surface area contributed by atoms with Gasteiger partial charge in [0.05, 0.1) is 18.7 Å². The van der Waals surface area contributed by atoms with E-state index < -0.39 is 66.4 Å². The Balaban J connectivity index is -0.000000534. The predicted molar refractivity (Wildman–Crippen MR) is 145 cm³/mol. The van der Waals surface area contributed by atoms with Crippen molar-refractivity contribution < 1.29 is 103 Å². The first-order valence-corrected chi connectivity index (χ1v) is 17.2. The number of rotatable bonds is 10. The first-order valence-electron chi connectivity index (χ1n) is 11.5. The van der Waals surface area contributed by atoms with Crippen molar-refractivity contribution in [2.75, 3.05) is 12.4 Å². The standard InChI is InChI=1S/C10H16N2O3S.C6H13NO6.3H3O4P/c13-8(14)4-2-1-3-7-9-6(5-16-7)11-10(15)12-9;7-6(13)5(12)4(11)3(10)2(9)1-8;3*1-5(2,3)4/h6-7,9H,1-5H2,(H,13,14)(H2,11,12,15);2-5,8-12H,1H2,(H2,7,13);3*(H3,1,2,3,4)/t6-,7-,9-;2-,3-,4-,5-;;;/m01.../s1. The second-order valence-corrected chi connectivity index (χ2v) is 12.7. The second-order valence-electron chi connectivity index (χ2n) is 8.38. The summed E-state index contributed by atoms with van der Waals surface area (Å²) in [7, 11) is -13.9. The summed E-state index contributed by atoms with van der Waals surface area (Å²) in [5, 5.41) is 58.7. The number of amides is 3. The summed E-state index contributed by atoms with van der Waals surface area (Å²) in [6, 6.07) is 0.440. The van der Waals surface area contributed by atoms with Crippen LogP contribution >= 0.6 is 35.2 Å². The van der Waals surface area contributed by atoms with Crippen LogP contribution in [0.3, 0.4) is 0 Å². The molecule has 2 aliphatic rings. The highest BCUT2D eigenvalue weighted by atomic mass is 32.2. The van der Waals surface area contributed by atoms with Crippen molar-refractivity contribution in [2.45, 2.75) is 67.4 Å². The molecule has 24 nitrogen and oxygen atoms in total. The molecule has 7 atom stereocenters. The molecule has 44 heavy (non-hydrogen) atoms. The Labute approximate surface area is 252 Å². The molecular weight excluding hydrogens is 695 g/mol. The van der Waals surface area contributed by atoms with Crippen molar-refractivity contribution in [1.82, 2.24) is 10.6 Å². The SMILES string of the molecule is NC(=O)[C@H](O)[C@H](O)[C@H](O)[C@H](O)CO.O=C(O)CCCC[C@@H]1SC[C@@H]2NC(=O)N[C@@H]21.O=P(O)(O)O.O=P(O)(O)O.O=P(O)(O)O. The van der Waals surface area contributed by atoms with Crippen LogP contribution in [0, 0.1) is 0 Å². The van der Waals surface area contributed by atoms with Gasteiger partial charge in [-0.1, -0.05) is 6.42 Å². The highest BCUT2D eigenvalue weighted by molar-refractivity contribution is 8.00. The van der Waals surface area contributed by atoms with Gasteiger partial charge in [-0.05, 0) is 12.8 Å². The van der Waals surface area contributed by atoms with Crippen LogP contribution in [0.4, 0.5) is 4.79 Å². The molecule has 0 unspecified atom stereocenters. The molecule has 2 heterocycles. The van der Waals surface area contributed by atoms with E-state index in [4.69, 9.17) is 88.4 Å². The third-order valence-corrected chi connectivity index (χ3v) is 6.12. The Morgan fingerprint density at radius 1 is 0.841 bits per heavy atom. The van der Waals surface area contributed by atoms with Crippen molar-refractivity contribution >= 4 is 53.1 Å². The fourth-order valence-corrected chi connectivity index (χ4v) is 4.50. The smallest absolute Gasteiger partial charge is 0.466 e. The minimum atomic E-state index is -4.64. The highest BCUT2D eigenvalue weighted by Gasteiger charge is 2.42. The summed E-state index contributed by atoms with van der Waals surface area (Å²) < 4.78 is 26.6. The van der Waals surface area contributed by atoms with E-state index in [1.165, 1.54) is 0 Å². The summed E-state index contributed by atoms with van der Waals surface area (Å²) in [6.07, 6.45) is -4.47. The monoisotopic (exact) mass is 733 g/mol. The van der Waals surface area contributed by atoms with Crippen LogP contribution in [-0.4, -0.2) is 147 Å². The number of carbonyl (C=O) groups excluding carboxylic acids is 2. The average molecular weight is 733 g/mol. The third-order valence-electron chi connectivity index (χ3n) is 4.61. The summed E-state index contributed by atoms with van der Waals surface area (Å²) >= 11 is 1.87. The van der Waals surface area contributed by atoms with Crippen LogP contribution in [0.15, 0.2) is 0 Å². The maximum atomic E-state index is 11.1. The van der Waals surface area contributed by atoms with Gasteiger partial charge in [-0.15, -0.1) is 0 Å². The number of aliphatic carboxylic acids is 1. The van der Waals surface area contributed by atoms with Gasteiger partial charge in [0.15, 0.2) is 6.10 Å². The van der Waals surface area contributed by atoms with Gasteiger partial charge in [0.1, 0.15) is 18.3 Å². The van der Waals surface area contributed by atoms with Crippen LogP contribution in [-0.2, 0) is 23.3 Å². The minimum Gasteiger partial charge on any atom is -0.481 e. The molecule has 0 saturated carbocycles. The number of nitrogens with two attached hydrogens (primary N) is 1. The summed E-state index contributed by atoms with van der Waals surface area (Å²) in [5.41, 5.74) is 4.61. The molecule has 2 fully saturated rings. The molecule has 0 aromatic carbocycles. The molecule has 0 bridgehead atoms. The number of unbranched alkanes of at least 4 members (excludes halogenated alkanes) is 1. The van der Waals surface area contributed by atoms with E-state index in [-0.39, 0.29) is 24.5 Å².